The molecule has 0 spiro atoms. The van der Waals surface area contributed by atoms with Crippen LogP contribution in [0.1, 0.15) is 38.1 Å². The standard InChI is InChI=1S/C20H23BClNO4/c1-19(2)20(3,4)27-21(26-19)14-12-13(10-11-15(14)22)18(24)23-16-8-6-7-9-17(16)25-5/h6-12H,1-5H3,(H,23,24). The Morgan fingerprint density at radius 2 is 1.70 bits per heavy atom. The molecule has 0 unspecified atom stereocenters. The molecule has 5 nitrogen and oxygen atoms in total. The van der Waals surface area contributed by atoms with E-state index in [2.05, 4.69) is 5.32 Å². The second-order valence-electron chi connectivity index (χ2n) is 7.48. The number of carbonyl (C=O) groups is 1. The summed E-state index contributed by atoms with van der Waals surface area (Å²) in [6.07, 6.45) is 0. The summed E-state index contributed by atoms with van der Waals surface area (Å²) in [6, 6.07) is 12.3. The van der Waals surface area contributed by atoms with Crippen molar-refractivity contribution < 1.29 is 18.8 Å². The number of hydrogen-bond donors (Lipinski definition) is 1. The number of halogens is 1. The third-order valence-corrected chi connectivity index (χ3v) is 5.46. The molecule has 1 saturated heterocycles. The highest BCUT2D eigenvalue weighted by molar-refractivity contribution is 6.65. The Kier molecular flexibility index (Phi) is 5.26. The lowest BCUT2D eigenvalue weighted by Gasteiger charge is -2.32. The van der Waals surface area contributed by atoms with Crippen molar-refractivity contribution in [2.45, 2.75) is 38.9 Å². The van der Waals surface area contributed by atoms with Gasteiger partial charge in [-0.2, -0.15) is 0 Å². The van der Waals surface area contributed by atoms with Crippen LogP contribution in [0.15, 0.2) is 42.5 Å². The van der Waals surface area contributed by atoms with E-state index in [4.69, 9.17) is 25.6 Å². The molecular formula is C20H23BClNO4. The van der Waals surface area contributed by atoms with Gasteiger partial charge in [-0.3, -0.25) is 4.79 Å². The molecule has 0 radical (unpaired) electrons. The minimum Gasteiger partial charge on any atom is -0.495 e. The highest BCUT2D eigenvalue weighted by atomic mass is 35.5. The molecule has 1 aliphatic heterocycles. The molecule has 1 aliphatic rings. The molecule has 7 heteroatoms. The maximum atomic E-state index is 12.7. The first kappa shape index (κ1) is 19.7. The minimum atomic E-state index is -0.637. The molecule has 142 valence electrons. The predicted octanol–water partition coefficient (Wildman–Crippen LogP) is 3.90. The average Bonchev–Trinajstić information content (AvgIpc) is 2.83. The van der Waals surface area contributed by atoms with E-state index in [9.17, 15) is 4.79 Å². The maximum absolute atomic E-state index is 12.7. The summed E-state index contributed by atoms with van der Waals surface area (Å²) >= 11 is 6.36. The van der Waals surface area contributed by atoms with E-state index in [0.29, 0.717) is 27.5 Å². The first-order valence-corrected chi connectivity index (χ1v) is 9.12. The maximum Gasteiger partial charge on any atom is 0.496 e. The van der Waals surface area contributed by atoms with Crippen molar-refractivity contribution in [3.05, 3.63) is 53.1 Å². The van der Waals surface area contributed by atoms with Gasteiger partial charge in [0.15, 0.2) is 0 Å². The number of methoxy groups -OCH3 is 1. The molecule has 2 aromatic carbocycles. The number of carbonyl (C=O) groups excluding carboxylic acids is 1. The van der Waals surface area contributed by atoms with Crippen LogP contribution in [0.2, 0.25) is 5.02 Å². The molecule has 1 N–H and O–H groups in total. The Hall–Kier alpha value is -2.02. The van der Waals surface area contributed by atoms with Gasteiger partial charge in [0.25, 0.3) is 5.91 Å². The number of rotatable bonds is 4. The van der Waals surface area contributed by atoms with Gasteiger partial charge in [0.2, 0.25) is 0 Å². The summed E-state index contributed by atoms with van der Waals surface area (Å²) in [5.41, 5.74) is 0.697. The van der Waals surface area contributed by atoms with Crippen LogP contribution in [-0.2, 0) is 9.31 Å². The summed E-state index contributed by atoms with van der Waals surface area (Å²) in [4.78, 5) is 12.7. The van der Waals surface area contributed by atoms with Crippen molar-refractivity contribution in [3.8, 4) is 5.75 Å². The van der Waals surface area contributed by atoms with Crippen molar-refractivity contribution in [1.82, 2.24) is 0 Å². The fourth-order valence-corrected chi connectivity index (χ4v) is 2.98. The zero-order valence-corrected chi connectivity index (χ0v) is 16.9. The van der Waals surface area contributed by atoms with E-state index in [1.165, 1.54) is 0 Å². The fourth-order valence-electron chi connectivity index (χ4n) is 2.78. The molecular weight excluding hydrogens is 364 g/mol. The molecule has 0 aliphatic carbocycles. The lowest BCUT2D eigenvalue weighted by molar-refractivity contribution is 0.00578. The molecule has 27 heavy (non-hydrogen) atoms. The van der Waals surface area contributed by atoms with Crippen LogP contribution in [0.3, 0.4) is 0 Å². The van der Waals surface area contributed by atoms with E-state index >= 15 is 0 Å². The zero-order chi connectivity index (χ0) is 19.8. The monoisotopic (exact) mass is 387 g/mol. The normalized spacial score (nSPS) is 17.6. The van der Waals surface area contributed by atoms with E-state index in [1.54, 1.807) is 37.4 Å². The third-order valence-electron chi connectivity index (χ3n) is 5.12. The van der Waals surface area contributed by atoms with Gasteiger partial charge in [-0.05, 0) is 58.0 Å². The Balaban J connectivity index is 1.86. The highest BCUT2D eigenvalue weighted by Gasteiger charge is 2.52. The molecule has 0 aromatic heterocycles. The van der Waals surface area contributed by atoms with Crippen molar-refractivity contribution in [2.75, 3.05) is 12.4 Å². The Morgan fingerprint density at radius 3 is 2.33 bits per heavy atom. The van der Waals surface area contributed by atoms with Crippen molar-refractivity contribution in [2.24, 2.45) is 0 Å². The number of para-hydroxylation sites is 2. The minimum absolute atomic E-state index is 0.270. The highest BCUT2D eigenvalue weighted by Crippen LogP contribution is 2.37. The first-order chi connectivity index (χ1) is 12.6. The number of amides is 1. The van der Waals surface area contributed by atoms with Crippen molar-refractivity contribution >= 4 is 35.8 Å². The number of anilines is 1. The van der Waals surface area contributed by atoms with Gasteiger partial charge in [0, 0.05) is 16.0 Å². The van der Waals surface area contributed by atoms with Crippen molar-refractivity contribution in [1.29, 1.82) is 0 Å². The number of benzene rings is 2. The van der Waals surface area contributed by atoms with Gasteiger partial charge in [-0.1, -0.05) is 23.7 Å². The van der Waals surface area contributed by atoms with Gasteiger partial charge < -0.3 is 19.4 Å². The second kappa shape index (κ2) is 7.19. The summed E-state index contributed by atoms with van der Waals surface area (Å²) in [6.45, 7) is 7.89. The van der Waals surface area contributed by atoms with E-state index in [1.807, 2.05) is 39.8 Å². The van der Waals surface area contributed by atoms with Gasteiger partial charge in [-0.25, -0.2) is 0 Å². The quantitative estimate of drug-likeness (QED) is 0.808. The van der Waals surface area contributed by atoms with E-state index < -0.39 is 18.3 Å². The number of nitrogens with one attached hydrogen (secondary N) is 1. The van der Waals surface area contributed by atoms with Crippen LogP contribution >= 0.6 is 11.6 Å². The SMILES string of the molecule is COc1ccccc1NC(=O)c1ccc(Cl)c(B2OC(C)(C)C(C)(C)O2)c1. The smallest absolute Gasteiger partial charge is 0.495 e. The van der Waals surface area contributed by atoms with Crippen LogP contribution in [0.25, 0.3) is 0 Å². The third kappa shape index (κ3) is 3.83. The number of ether oxygens (including phenoxy) is 1. The second-order valence-corrected chi connectivity index (χ2v) is 7.89. The predicted molar refractivity (Wildman–Crippen MR) is 108 cm³/mol. The molecule has 3 rings (SSSR count). The lowest BCUT2D eigenvalue weighted by Crippen LogP contribution is -2.41. The Morgan fingerprint density at radius 1 is 1.07 bits per heavy atom. The van der Waals surface area contributed by atoms with E-state index in [-0.39, 0.29) is 5.91 Å². The van der Waals surface area contributed by atoms with Crippen LogP contribution in [0, 0.1) is 0 Å². The van der Waals surface area contributed by atoms with Gasteiger partial charge in [0.1, 0.15) is 5.75 Å². The summed E-state index contributed by atoms with van der Waals surface area (Å²) in [5.74, 6) is 0.319. The average molecular weight is 388 g/mol. The first-order valence-electron chi connectivity index (χ1n) is 8.74. The molecule has 0 bridgehead atoms. The molecule has 0 atom stereocenters. The molecule has 1 amide bonds. The largest absolute Gasteiger partial charge is 0.496 e. The summed E-state index contributed by atoms with van der Waals surface area (Å²) in [7, 11) is 0.922. The van der Waals surface area contributed by atoms with Gasteiger partial charge in [0.05, 0.1) is 24.0 Å². The van der Waals surface area contributed by atoms with Crippen LogP contribution in [-0.4, -0.2) is 31.3 Å². The summed E-state index contributed by atoms with van der Waals surface area (Å²) in [5, 5.41) is 3.35. The molecule has 2 aromatic rings. The zero-order valence-electron chi connectivity index (χ0n) is 16.1. The van der Waals surface area contributed by atoms with Gasteiger partial charge in [-0.15, -0.1) is 0 Å². The Bertz CT molecular complexity index is 853. The van der Waals surface area contributed by atoms with Crippen LogP contribution in [0.4, 0.5) is 5.69 Å². The van der Waals surface area contributed by atoms with E-state index in [0.717, 1.165) is 0 Å². The molecule has 1 heterocycles. The van der Waals surface area contributed by atoms with Gasteiger partial charge >= 0.3 is 7.12 Å². The fraction of sp³-hybridized carbons (Fsp3) is 0.350. The summed E-state index contributed by atoms with van der Waals surface area (Å²) < 4.78 is 17.4. The van der Waals surface area contributed by atoms with Crippen LogP contribution < -0.4 is 15.5 Å². The Labute approximate surface area is 165 Å². The number of hydrogen-bond acceptors (Lipinski definition) is 4. The van der Waals surface area contributed by atoms with Crippen LogP contribution in [0.5, 0.6) is 5.75 Å². The topological polar surface area (TPSA) is 56.8 Å². The lowest BCUT2D eigenvalue weighted by atomic mass is 9.78. The molecule has 0 saturated carbocycles. The van der Waals surface area contributed by atoms with Crippen molar-refractivity contribution in [3.63, 3.8) is 0 Å². The molecule has 1 fully saturated rings.